The summed E-state index contributed by atoms with van der Waals surface area (Å²) in [4.78, 5) is 37.3. The molecule has 1 aliphatic heterocycles. The highest BCUT2D eigenvalue weighted by Gasteiger charge is 2.47. The smallest absolute Gasteiger partial charge is 0.233 e. The zero-order chi connectivity index (χ0) is 19.9. The van der Waals surface area contributed by atoms with Gasteiger partial charge in [-0.05, 0) is 12.8 Å². The van der Waals surface area contributed by atoms with Crippen molar-refractivity contribution in [1.82, 2.24) is 4.90 Å². The summed E-state index contributed by atoms with van der Waals surface area (Å²) in [6, 6.07) is 0. The Bertz CT molecular complexity index is 776. The maximum Gasteiger partial charge on any atom is 0.233 e. The van der Waals surface area contributed by atoms with Gasteiger partial charge in [-0.15, -0.1) is 0 Å². The average molecular weight is 390 g/mol. The maximum absolute atomic E-state index is 13.6. The minimum Gasteiger partial charge on any atom is -0.321 e. The number of fused-ring (bicyclic) bond motifs is 1. The Hall–Kier alpha value is -2.52. The van der Waals surface area contributed by atoms with Crippen molar-refractivity contribution in [3.8, 4) is 0 Å². The largest absolute Gasteiger partial charge is 0.321 e. The minimum atomic E-state index is -2.33. The summed E-state index contributed by atoms with van der Waals surface area (Å²) in [5, 5.41) is 1.62. The van der Waals surface area contributed by atoms with Crippen LogP contribution in [0.15, 0.2) is 0 Å². The number of carbonyl (C=O) groups is 3. The summed E-state index contributed by atoms with van der Waals surface area (Å²) in [7, 11) is 0. The molecule has 10 heteroatoms. The Balaban J connectivity index is 1.68. The van der Waals surface area contributed by atoms with Gasteiger partial charge in [-0.2, -0.15) is 0 Å². The van der Waals surface area contributed by atoms with Crippen LogP contribution in [0.25, 0.3) is 0 Å². The fraction of sp³-hybridized carbons (Fsp3) is 0.471. The van der Waals surface area contributed by atoms with E-state index in [0.717, 1.165) is 17.7 Å². The van der Waals surface area contributed by atoms with Crippen molar-refractivity contribution in [3.63, 3.8) is 0 Å². The van der Waals surface area contributed by atoms with Crippen molar-refractivity contribution < 1.29 is 36.3 Å². The van der Waals surface area contributed by atoms with Gasteiger partial charge in [0.2, 0.25) is 23.5 Å². The average Bonchev–Trinajstić information content (AvgIpc) is 2.91. The first kappa shape index (κ1) is 19.2. The second-order valence-electron chi connectivity index (χ2n) is 6.57. The molecule has 0 radical (unpaired) electrons. The Labute approximate surface area is 150 Å². The van der Waals surface area contributed by atoms with E-state index < -0.39 is 70.8 Å². The molecular weight excluding hydrogens is 375 g/mol. The third kappa shape index (κ3) is 3.28. The summed E-state index contributed by atoms with van der Waals surface area (Å²) >= 11 is 0. The predicted octanol–water partition coefficient (Wildman–Crippen LogP) is 2.89. The normalized spacial score (nSPS) is 22.2. The molecule has 0 aromatic heterocycles. The molecule has 5 nitrogen and oxygen atoms in total. The van der Waals surface area contributed by atoms with Crippen LogP contribution in [-0.2, 0) is 14.4 Å². The summed E-state index contributed by atoms with van der Waals surface area (Å²) < 4.78 is 66.4. The van der Waals surface area contributed by atoms with Crippen molar-refractivity contribution in [2.24, 2.45) is 11.8 Å². The first-order valence-electron chi connectivity index (χ1n) is 8.40. The summed E-state index contributed by atoms with van der Waals surface area (Å²) in [5.74, 6) is -13.7. The molecule has 1 heterocycles. The lowest BCUT2D eigenvalue weighted by Gasteiger charge is -2.19. The lowest BCUT2D eigenvalue weighted by molar-refractivity contribution is -0.140. The van der Waals surface area contributed by atoms with E-state index in [1.807, 2.05) is 0 Å². The molecule has 1 N–H and O–H groups in total. The number of hydrogen-bond donors (Lipinski definition) is 1. The Morgan fingerprint density at radius 1 is 0.852 bits per heavy atom. The second-order valence-corrected chi connectivity index (χ2v) is 6.57. The van der Waals surface area contributed by atoms with Gasteiger partial charge in [0.05, 0.1) is 11.8 Å². The number of nitrogens with zero attached hydrogens (tertiary/aromatic N) is 1. The predicted molar refractivity (Wildman–Crippen MR) is 81.6 cm³/mol. The highest BCUT2D eigenvalue weighted by Crippen LogP contribution is 2.38. The number of imide groups is 1. The molecule has 0 bridgehead atoms. The quantitative estimate of drug-likeness (QED) is 0.372. The molecule has 2 aliphatic rings. The Kier molecular flexibility index (Phi) is 5.16. The molecule has 1 aromatic carbocycles. The molecule has 2 fully saturated rings. The number of amides is 3. The number of hydrogen-bond acceptors (Lipinski definition) is 3. The van der Waals surface area contributed by atoms with Crippen LogP contribution >= 0.6 is 0 Å². The first-order valence-corrected chi connectivity index (χ1v) is 8.40. The molecular formula is C17H15F5N2O3. The summed E-state index contributed by atoms with van der Waals surface area (Å²) in [5.41, 5.74) is -1.47. The molecule has 1 aliphatic carbocycles. The fourth-order valence-electron chi connectivity index (χ4n) is 3.58. The zero-order valence-corrected chi connectivity index (χ0v) is 14.0. The number of benzene rings is 1. The summed E-state index contributed by atoms with van der Waals surface area (Å²) in [6.45, 7) is -0.327. The Morgan fingerprint density at radius 3 is 1.78 bits per heavy atom. The van der Waals surface area contributed by atoms with E-state index in [4.69, 9.17) is 0 Å². The molecule has 1 saturated carbocycles. The number of halogens is 5. The van der Waals surface area contributed by atoms with E-state index in [-0.39, 0.29) is 6.54 Å². The Morgan fingerprint density at radius 2 is 1.30 bits per heavy atom. The monoisotopic (exact) mass is 390 g/mol. The van der Waals surface area contributed by atoms with Crippen molar-refractivity contribution in [1.29, 1.82) is 0 Å². The van der Waals surface area contributed by atoms with Crippen LogP contribution in [0.1, 0.15) is 32.1 Å². The number of rotatable bonds is 4. The van der Waals surface area contributed by atoms with Crippen molar-refractivity contribution in [2.45, 2.75) is 32.1 Å². The SMILES string of the molecule is O=C(CCN1C(=O)[C@H]2CCCC[C@@H]2C1=O)Nc1c(F)c(F)c(F)c(F)c1F. The van der Waals surface area contributed by atoms with Crippen molar-refractivity contribution in [3.05, 3.63) is 29.1 Å². The summed E-state index contributed by atoms with van der Waals surface area (Å²) in [6.07, 6.45) is 2.30. The highest BCUT2D eigenvalue weighted by molar-refractivity contribution is 6.05. The van der Waals surface area contributed by atoms with Crippen LogP contribution in [0.4, 0.5) is 27.6 Å². The number of carbonyl (C=O) groups excluding carboxylic acids is 3. The fourth-order valence-corrected chi connectivity index (χ4v) is 3.58. The third-order valence-electron chi connectivity index (χ3n) is 4.97. The van der Waals surface area contributed by atoms with Gasteiger partial charge < -0.3 is 5.32 Å². The van der Waals surface area contributed by atoms with Gasteiger partial charge in [0.25, 0.3) is 0 Å². The van der Waals surface area contributed by atoms with E-state index in [1.54, 1.807) is 5.32 Å². The van der Waals surface area contributed by atoms with Crippen LogP contribution in [0, 0.1) is 40.9 Å². The van der Waals surface area contributed by atoms with Gasteiger partial charge in [-0.3, -0.25) is 19.3 Å². The van der Waals surface area contributed by atoms with E-state index in [9.17, 15) is 36.3 Å². The molecule has 1 saturated heterocycles. The van der Waals surface area contributed by atoms with Gasteiger partial charge >= 0.3 is 0 Å². The van der Waals surface area contributed by atoms with Gasteiger partial charge in [0, 0.05) is 13.0 Å². The molecule has 2 atom stereocenters. The number of likely N-dealkylation sites (tertiary alicyclic amines) is 1. The molecule has 1 aromatic rings. The number of anilines is 1. The van der Waals surface area contributed by atoms with Gasteiger partial charge in [-0.1, -0.05) is 12.8 Å². The topological polar surface area (TPSA) is 66.5 Å². The van der Waals surface area contributed by atoms with Crippen LogP contribution < -0.4 is 5.32 Å². The molecule has 3 rings (SSSR count). The molecule has 146 valence electrons. The van der Waals surface area contributed by atoms with Gasteiger partial charge in [-0.25, -0.2) is 22.0 Å². The molecule has 27 heavy (non-hydrogen) atoms. The third-order valence-corrected chi connectivity index (χ3v) is 4.97. The zero-order valence-electron chi connectivity index (χ0n) is 14.0. The van der Waals surface area contributed by atoms with Crippen LogP contribution in [0.2, 0.25) is 0 Å². The van der Waals surface area contributed by atoms with E-state index in [0.29, 0.717) is 12.8 Å². The second kappa shape index (κ2) is 7.24. The lowest BCUT2D eigenvalue weighted by Crippen LogP contribution is -2.34. The van der Waals surface area contributed by atoms with E-state index in [1.165, 1.54) is 0 Å². The van der Waals surface area contributed by atoms with Gasteiger partial charge in [0.15, 0.2) is 23.3 Å². The highest BCUT2D eigenvalue weighted by atomic mass is 19.2. The molecule has 3 amide bonds. The van der Waals surface area contributed by atoms with Crippen molar-refractivity contribution >= 4 is 23.4 Å². The maximum atomic E-state index is 13.6. The van der Waals surface area contributed by atoms with Crippen molar-refractivity contribution in [2.75, 3.05) is 11.9 Å². The van der Waals surface area contributed by atoms with E-state index in [2.05, 4.69) is 0 Å². The molecule has 0 unspecified atom stereocenters. The standard InChI is InChI=1S/C17H15F5N2O3/c18-10-11(19)13(21)15(14(22)12(10)20)23-9(25)5-6-24-16(26)7-3-1-2-4-8(7)17(24)27/h7-8H,1-6H2,(H,23,25)/t7-,8-/m0/s1. The number of nitrogens with one attached hydrogen (secondary N) is 1. The lowest BCUT2D eigenvalue weighted by atomic mass is 9.81. The first-order chi connectivity index (χ1) is 12.7. The van der Waals surface area contributed by atoms with Crippen LogP contribution in [-0.4, -0.2) is 29.2 Å². The van der Waals surface area contributed by atoms with Crippen LogP contribution in [0.5, 0.6) is 0 Å². The molecule has 0 spiro atoms. The van der Waals surface area contributed by atoms with Gasteiger partial charge in [0.1, 0.15) is 5.69 Å². The van der Waals surface area contributed by atoms with Crippen LogP contribution in [0.3, 0.4) is 0 Å². The van der Waals surface area contributed by atoms with E-state index >= 15 is 0 Å². The minimum absolute atomic E-state index is 0.327.